The number of carbonyl (C=O) groups is 1. The van der Waals surface area contributed by atoms with Gasteiger partial charge >= 0.3 is 0 Å². The summed E-state index contributed by atoms with van der Waals surface area (Å²) in [6, 6.07) is 3.95. The van der Waals surface area contributed by atoms with Crippen LogP contribution < -0.4 is 5.73 Å². The van der Waals surface area contributed by atoms with E-state index in [9.17, 15) is 9.90 Å². The van der Waals surface area contributed by atoms with E-state index in [4.69, 9.17) is 10.9 Å². The number of amidine groups is 1. The van der Waals surface area contributed by atoms with Crippen LogP contribution in [0.1, 0.15) is 17.3 Å². The molecule has 7 heteroatoms. The summed E-state index contributed by atoms with van der Waals surface area (Å²) in [4.78, 5) is 13.4. The molecule has 1 aromatic rings. The summed E-state index contributed by atoms with van der Waals surface area (Å²) >= 11 is 3.13. The van der Waals surface area contributed by atoms with Crippen molar-refractivity contribution in [3.05, 3.63) is 28.2 Å². The van der Waals surface area contributed by atoms with Crippen molar-refractivity contribution in [3.8, 4) is 5.75 Å². The quantitative estimate of drug-likeness (QED) is 0.339. The number of phenolic OH excluding ortho intramolecular Hbond substituents is 1. The molecule has 0 bridgehead atoms. The molecule has 1 rings (SSSR count). The zero-order valence-electron chi connectivity index (χ0n) is 9.96. The minimum absolute atomic E-state index is 0.0225. The van der Waals surface area contributed by atoms with Crippen LogP contribution in [0.5, 0.6) is 5.75 Å². The van der Waals surface area contributed by atoms with Crippen molar-refractivity contribution in [1.82, 2.24) is 4.90 Å². The summed E-state index contributed by atoms with van der Waals surface area (Å²) in [5, 5.41) is 20.9. The van der Waals surface area contributed by atoms with E-state index in [1.165, 1.54) is 18.0 Å². The molecular formula is C11H14BrN3O3. The van der Waals surface area contributed by atoms with E-state index < -0.39 is 6.04 Å². The maximum Gasteiger partial charge on any atom is 0.254 e. The second kappa shape index (κ2) is 5.72. The Bertz CT molecular complexity index is 490. The van der Waals surface area contributed by atoms with Crippen molar-refractivity contribution in [2.45, 2.75) is 13.0 Å². The number of halogens is 1. The second-order valence-electron chi connectivity index (χ2n) is 3.78. The molecule has 6 nitrogen and oxygen atoms in total. The molecule has 1 unspecified atom stereocenters. The van der Waals surface area contributed by atoms with Crippen LogP contribution in [0.2, 0.25) is 0 Å². The summed E-state index contributed by atoms with van der Waals surface area (Å²) in [5.41, 5.74) is 5.75. The first-order chi connectivity index (χ1) is 8.38. The number of nitrogens with zero attached hydrogens (tertiary/aromatic N) is 2. The highest BCUT2D eigenvalue weighted by Gasteiger charge is 2.21. The van der Waals surface area contributed by atoms with Crippen molar-refractivity contribution < 1.29 is 15.1 Å². The van der Waals surface area contributed by atoms with Crippen LogP contribution in [0.4, 0.5) is 0 Å². The van der Waals surface area contributed by atoms with Crippen LogP contribution in [0.25, 0.3) is 0 Å². The number of rotatable bonds is 3. The molecule has 98 valence electrons. The maximum absolute atomic E-state index is 12.1. The third-order valence-corrected chi connectivity index (χ3v) is 3.31. The molecule has 0 aliphatic carbocycles. The molecule has 0 saturated heterocycles. The lowest BCUT2D eigenvalue weighted by molar-refractivity contribution is 0.0776. The molecule has 0 radical (unpaired) electrons. The zero-order chi connectivity index (χ0) is 13.9. The van der Waals surface area contributed by atoms with E-state index in [1.807, 2.05) is 0 Å². The highest BCUT2D eigenvalue weighted by Crippen LogP contribution is 2.24. The van der Waals surface area contributed by atoms with Gasteiger partial charge in [-0.3, -0.25) is 4.79 Å². The summed E-state index contributed by atoms with van der Waals surface area (Å²) in [7, 11) is 1.53. The van der Waals surface area contributed by atoms with E-state index in [-0.39, 0.29) is 17.5 Å². The molecule has 0 fully saturated rings. The Morgan fingerprint density at radius 1 is 1.56 bits per heavy atom. The highest BCUT2D eigenvalue weighted by atomic mass is 79.9. The van der Waals surface area contributed by atoms with Crippen LogP contribution in [-0.2, 0) is 0 Å². The molecule has 0 spiro atoms. The first-order valence-electron chi connectivity index (χ1n) is 5.11. The van der Waals surface area contributed by atoms with Gasteiger partial charge in [0.2, 0.25) is 0 Å². The first kappa shape index (κ1) is 14.3. The van der Waals surface area contributed by atoms with Crippen LogP contribution in [-0.4, -0.2) is 40.0 Å². The van der Waals surface area contributed by atoms with Gasteiger partial charge in [0.1, 0.15) is 5.75 Å². The van der Waals surface area contributed by atoms with Crippen LogP contribution in [0.15, 0.2) is 27.8 Å². The Morgan fingerprint density at radius 3 is 2.67 bits per heavy atom. The Hall–Kier alpha value is -1.76. The molecule has 0 heterocycles. The fraction of sp³-hybridized carbons (Fsp3) is 0.273. The number of carbonyl (C=O) groups excluding carboxylic acids is 1. The van der Waals surface area contributed by atoms with Crippen molar-refractivity contribution in [2.75, 3.05) is 7.05 Å². The Kier molecular flexibility index (Phi) is 4.55. The second-order valence-corrected chi connectivity index (χ2v) is 4.64. The minimum atomic E-state index is -0.548. The maximum atomic E-state index is 12.1. The standard InChI is InChI=1S/C11H14BrN3O3/c1-6(10(13)14-18)15(2)11(17)7-3-4-8(12)9(16)5-7/h3-6,16,18H,1-2H3,(H2,13,14). The fourth-order valence-corrected chi connectivity index (χ4v) is 1.55. The zero-order valence-corrected chi connectivity index (χ0v) is 11.5. The van der Waals surface area contributed by atoms with Gasteiger partial charge in [-0.2, -0.15) is 0 Å². The third kappa shape index (κ3) is 2.92. The summed E-state index contributed by atoms with van der Waals surface area (Å²) in [6.45, 7) is 1.63. The first-order valence-corrected chi connectivity index (χ1v) is 5.91. The molecule has 1 amide bonds. The van der Waals surface area contributed by atoms with Crippen LogP contribution in [0.3, 0.4) is 0 Å². The molecule has 1 aromatic carbocycles. The molecule has 0 saturated carbocycles. The van der Waals surface area contributed by atoms with Crippen LogP contribution in [0, 0.1) is 0 Å². The summed E-state index contributed by atoms with van der Waals surface area (Å²) < 4.78 is 0.506. The predicted octanol–water partition coefficient (Wildman–Crippen LogP) is 1.36. The van der Waals surface area contributed by atoms with Crippen molar-refractivity contribution in [3.63, 3.8) is 0 Å². The molecule has 0 aliphatic rings. The number of amides is 1. The number of nitrogens with two attached hydrogens (primary N) is 1. The van der Waals surface area contributed by atoms with Gasteiger partial charge < -0.3 is 20.9 Å². The highest BCUT2D eigenvalue weighted by molar-refractivity contribution is 9.10. The van der Waals surface area contributed by atoms with Crippen molar-refractivity contribution >= 4 is 27.7 Å². The largest absolute Gasteiger partial charge is 0.507 e. The van der Waals surface area contributed by atoms with Crippen molar-refractivity contribution in [2.24, 2.45) is 10.9 Å². The molecule has 18 heavy (non-hydrogen) atoms. The van der Waals surface area contributed by atoms with Gasteiger partial charge in [0, 0.05) is 12.6 Å². The monoisotopic (exact) mass is 315 g/mol. The van der Waals surface area contributed by atoms with E-state index in [0.29, 0.717) is 10.0 Å². The lowest BCUT2D eigenvalue weighted by atomic mass is 10.1. The number of aromatic hydroxyl groups is 1. The van der Waals surface area contributed by atoms with Crippen LogP contribution >= 0.6 is 15.9 Å². The molecular weight excluding hydrogens is 302 g/mol. The Balaban J connectivity index is 2.96. The molecule has 4 N–H and O–H groups in total. The molecule has 1 atom stereocenters. The topological polar surface area (TPSA) is 99.2 Å². The number of likely N-dealkylation sites (N-methyl/N-ethyl adjacent to an activating group) is 1. The van der Waals surface area contributed by atoms with Gasteiger partial charge in [0.05, 0.1) is 10.5 Å². The number of hydrogen-bond acceptors (Lipinski definition) is 4. The smallest absolute Gasteiger partial charge is 0.254 e. The average molecular weight is 316 g/mol. The van der Waals surface area contributed by atoms with E-state index in [1.54, 1.807) is 19.1 Å². The van der Waals surface area contributed by atoms with Crippen molar-refractivity contribution in [1.29, 1.82) is 0 Å². The molecule has 0 aromatic heterocycles. The lowest BCUT2D eigenvalue weighted by Gasteiger charge is -2.23. The predicted molar refractivity (Wildman–Crippen MR) is 70.8 cm³/mol. The summed E-state index contributed by atoms with van der Waals surface area (Å²) in [6.07, 6.45) is 0. The van der Waals surface area contributed by atoms with Gasteiger partial charge in [-0.25, -0.2) is 0 Å². The van der Waals surface area contributed by atoms with E-state index in [0.717, 1.165) is 0 Å². The number of hydrogen-bond donors (Lipinski definition) is 3. The van der Waals surface area contributed by atoms with Gasteiger partial charge in [-0.1, -0.05) is 5.16 Å². The van der Waals surface area contributed by atoms with E-state index in [2.05, 4.69) is 21.1 Å². The third-order valence-electron chi connectivity index (χ3n) is 2.64. The Morgan fingerprint density at radius 2 is 2.17 bits per heavy atom. The summed E-state index contributed by atoms with van der Waals surface area (Å²) in [5.74, 6) is -0.421. The number of benzene rings is 1. The van der Waals surface area contributed by atoms with Gasteiger partial charge in [-0.15, -0.1) is 0 Å². The van der Waals surface area contributed by atoms with E-state index >= 15 is 0 Å². The Labute approximate surface area is 113 Å². The molecule has 0 aliphatic heterocycles. The fourth-order valence-electron chi connectivity index (χ4n) is 1.31. The van der Waals surface area contributed by atoms with Gasteiger partial charge in [-0.05, 0) is 41.1 Å². The lowest BCUT2D eigenvalue weighted by Crippen LogP contribution is -2.43. The van der Waals surface area contributed by atoms with Gasteiger partial charge in [0.15, 0.2) is 5.84 Å². The normalized spacial score (nSPS) is 13.2. The van der Waals surface area contributed by atoms with Gasteiger partial charge in [0.25, 0.3) is 5.91 Å². The SMILES string of the molecule is CC(/C(N)=N/O)N(C)C(=O)c1ccc(Br)c(O)c1. The number of phenols is 1. The average Bonchev–Trinajstić information content (AvgIpc) is 2.38. The minimum Gasteiger partial charge on any atom is -0.507 e. The number of oxime groups is 1.